The first-order valence-corrected chi connectivity index (χ1v) is 10.4. The average Bonchev–Trinajstić information content (AvgIpc) is 3.33. The highest BCUT2D eigenvalue weighted by Crippen LogP contribution is 2.38. The second-order valence-electron chi connectivity index (χ2n) is 7.05. The molecule has 2 heterocycles. The molecule has 1 unspecified atom stereocenters. The number of nitrogens with zero attached hydrogens (tertiary/aromatic N) is 3. The standard InChI is InChI=1S/C21H24N4O2S/c1-25-13-12-15(24-25)8-11-19(26)22-17-4-3-5-18-20(17)28-21(23-18)14-6-9-16(27-2)10-7-14/h6-7,9-10,12-13,17H,3-5,8,11H2,1-2H3,(H,22,26). The van der Waals surface area contributed by atoms with E-state index in [2.05, 4.69) is 10.4 Å². The molecule has 1 amide bonds. The number of nitrogens with one attached hydrogen (secondary N) is 1. The maximum atomic E-state index is 12.5. The summed E-state index contributed by atoms with van der Waals surface area (Å²) in [5, 5.41) is 8.55. The Balaban J connectivity index is 1.44. The molecular weight excluding hydrogens is 372 g/mol. The molecule has 0 aliphatic heterocycles. The first kappa shape index (κ1) is 18.7. The number of carbonyl (C=O) groups is 1. The van der Waals surface area contributed by atoms with Crippen molar-refractivity contribution in [2.24, 2.45) is 7.05 Å². The molecule has 0 spiro atoms. The van der Waals surface area contributed by atoms with Gasteiger partial charge in [-0.25, -0.2) is 4.98 Å². The third-order valence-corrected chi connectivity index (χ3v) is 6.26. The van der Waals surface area contributed by atoms with Crippen molar-refractivity contribution in [1.29, 1.82) is 0 Å². The van der Waals surface area contributed by atoms with E-state index in [1.807, 2.05) is 43.6 Å². The van der Waals surface area contributed by atoms with Crippen LogP contribution >= 0.6 is 11.3 Å². The zero-order valence-electron chi connectivity index (χ0n) is 16.1. The summed E-state index contributed by atoms with van der Waals surface area (Å²) < 4.78 is 7.00. The number of amides is 1. The molecule has 1 aliphatic rings. The number of aromatic nitrogens is 3. The number of rotatable bonds is 6. The Hall–Kier alpha value is -2.67. The molecule has 0 radical (unpaired) electrons. The normalized spacial score (nSPS) is 15.9. The maximum absolute atomic E-state index is 12.5. The first-order valence-electron chi connectivity index (χ1n) is 9.54. The lowest BCUT2D eigenvalue weighted by Crippen LogP contribution is -2.30. The molecule has 0 saturated heterocycles. The molecule has 6 nitrogen and oxygen atoms in total. The van der Waals surface area contributed by atoms with Crippen molar-refractivity contribution >= 4 is 17.2 Å². The summed E-state index contributed by atoms with van der Waals surface area (Å²) in [7, 11) is 3.55. The van der Waals surface area contributed by atoms with Crippen molar-refractivity contribution in [3.05, 3.63) is 52.8 Å². The Morgan fingerprint density at radius 2 is 2.14 bits per heavy atom. The summed E-state index contributed by atoms with van der Waals surface area (Å²) in [5.41, 5.74) is 3.15. The van der Waals surface area contributed by atoms with Crippen LogP contribution in [0.15, 0.2) is 36.5 Å². The van der Waals surface area contributed by atoms with Crippen LogP contribution in [0.1, 0.15) is 41.6 Å². The molecule has 28 heavy (non-hydrogen) atoms. The minimum atomic E-state index is 0.0597. The summed E-state index contributed by atoms with van der Waals surface area (Å²) in [6.07, 6.45) is 6.00. The van der Waals surface area contributed by atoms with Crippen LogP contribution in [0, 0.1) is 0 Å². The van der Waals surface area contributed by atoms with Gasteiger partial charge in [0.05, 0.1) is 29.4 Å². The van der Waals surface area contributed by atoms with Gasteiger partial charge in [-0.1, -0.05) is 0 Å². The monoisotopic (exact) mass is 396 g/mol. The lowest BCUT2D eigenvalue weighted by Gasteiger charge is -2.22. The highest BCUT2D eigenvalue weighted by molar-refractivity contribution is 7.15. The number of thiazole rings is 1. The van der Waals surface area contributed by atoms with Crippen LogP contribution in [-0.2, 0) is 24.7 Å². The van der Waals surface area contributed by atoms with Gasteiger partial charge in [-0.05, 0) is 49.6 Å². The summed E-state index contributed by atoms with van der Waals surface area (Å²) in [6.45, 7) is 0. The molecule has 0 bridgehead atoms. The van der Waals surface area contributed by atoms with E-state index in [-0.39, 0.29) is 11.9 Å². The lowest BCUT2D eigenvalue weighted by molar-refractivity contribution is -0.121. The van der Waals surface area contributed by atoms with Crippen molar-refractivity contribution in [3.8, 4) is 16.3 Å². The lowest BCUT2D eigenvalue weighted by atomic mass is 9.98. The van der Waals surface area contributed by atoms with Crippen LogP contribution in [0.5, 0.6) is 5.75 Å². The van der Waals surface area contributed by atoms with E-state index in [0.717, 1.165) is 47.0 Å². The van der Waals surface area contributed by atoms with E-state index < -0.39 is 0 Å². The largest absolute Gasteiger partial charge is 0.497 e. The summed E-state index contributed by atoms with van der Waals surface area (Å²) >= 11 is 1.69. The number of benzene rings is 1. The van der Waals surface area contributed by atoms with Gasteiger partial charge in [0.2, 0.25) is 5.91 Å². The van der Waals surface area contributed by atoms with Crippen LogP contribution in [-0.4, -0.2) is 27.8 Å². The Morgan fingerprint density at radius 3 is 2.86 bits per heavy atom. The van der Waals surface area contributed by atoms with E-state index in [9.17, 15) is 4.79 Å². The molecule has 1 aromatic carbocycles. The minimum absolute atomic E-state index is 0.0597. The fraction of sp³-hybridized carbons (Fsp3) is 0.381. The SMILES string of the molecule is COc1ccc(-c2nc3c(s2)C(NC(=O)CCc2ccn(C)n2)CCC3)cc1. The highest BCUT2D eigenvalue weighted by atomic mass is 32.1. The first-order chi connectivity index (χ1) is 13.6. The number of fused-ring (bicyclic) bond motifs is 1. The third-order valence-electron chi connectivity index (χ3n) is 5.00. The van der Waals surface area contributed by atoms with Gasteiger partial charge in [-0.3, -0.25) is 9.48 Å². The Labute approximate surface area is 168 Å². The van der Waals surface area contributed by atoms with E-state index in [0.29, 0.717) is 12.8 Å². The number of hydrogen-bond donors (Lipinski definition) is 1. The molecule has 4 rings (SSSR count). The Morgan fingerprint density at radius 1 is 1.32 bits per heavy atom. The molecule has 7 heteroatoms. The molecule has 3 aromatic rings. The Kier molecular flexibility index (Phi) is 5.43. The van der Waals surface area contributed by atoms with Crippen molar-refractivity contribution < 1.29 is 9.53 Å². The number of aryl methyl sites for hydroxylation is 3. The summed E-state index contributed by atoms with van der Waals surface area (Å²) in [4.78, 5) is 18.5. The molecule has 1 atom stereocenters. The average molecular weight is 397 g/mol. The van der Waals surface area contributed by atoms with Crippen LogP contribution in [0.25, 0.3) is 10.6 Å². The number of hydrogen-bond acceptors (Lipinski definition) is 5. The van der Waals surface area contributed by atoms with Crippen molar-refractivity contribution in [3.63, 3.8) is 0 Å². The van der Waals surface area contributed by atoms with Crippen molar-refractivity contribution in [2.75, 3.05) is 7.11 Å². The van der Waals surface area contributed by atoms with Crippen LogP contribution in [0.2, 0.25) is 0 Å². The van der Waals surface area contributed by atoms with Gasteiger partial charge >= 0.3 is 0 Å². The van der Waals surface area contributed by atoms with Gasteiger partial charge in [0.15, 0.2) is 0 Å². The zero-order chi connectivity index (χ0) is 19.5. The van der Waals surface area contributed by atoms with Gasteiger partial charge < -0.3 is 10.1 Å². The maximum Gasteiger partial charge on any atom is 0.220 e. The van der Waals surface area contributed by atoms with Gasteiger partial charge in [-0.2, -0.15) is 5.10 Å². The van der Waals surface area contributed by atoms with Gasteiger partial charge in [-0.15, -0.1) is 11.3 Å². The summed E-state index contributed by atoms with van der Waals surface area (Å²) in [6, 6.07) is 9.98. The predicted molar refractivity (Wildman–Crippen MR) is 109 cm³/mol. The van der Waals surface area contributed by atoms with E-state index >= 15 is 0 Å². The Bertz CT molecular complexity index is 961. The van der Waals surface area contributed by atoms with Crippen molar-refractivity contribution in [1.82, 2.24) is 20.1 Å². The molecule has 146 valence electrons. The predicted octanol–water partition coefficient (Wildman–Crippen LogP) is 3.68. The number of carbonyl (C=O) groups excluding carboxylic acids is 1. The zero-order valence-corrected chi connectivity index (χ0v) is 17.0. The number of ether oxygens (including phenoxy) is 1. The van der Waals surface area contributed by atoms with Crippen LogP contribution in [0.4, 0.5) is 0 Å². The molecule has 1 N–H and O–H groups in total. The van der Waals surface area contributed by atoms with E-state index in [1.165, 1.54) is 4.88 Å². The van der Waals surface area contributed by atoms with E-state index in [4.69, 9.17) is 9.72 Å². The second-order valence-corrected chi connectivity index (χ2v) is 8.08. The molecular formula is C21H24N4O2S. The summed E-state index contributed by atoms with van der Waals surface area (Å²) in [5.74, 6) is 0.908. The van der Waals surface area contributed by atoms with Gasteiger partial charge in [0.25, 0.3) is 0 Å². The van der Waals surface area contributed by atoms with Gasteiger partial charge in [0.1, 0.15) is 10.8 Å². The molecule has 0 saturated carbocycles. The third kappa shape index (κ3) is 4.09. The van der Waals surface area contributed by atoms with Gasteiger partial charge in [0, 0.05) is 31.6 Å². The topological polar surface area (TPSA) is 69.0 Å². The molecule has 1 aliphatic carbocycles. The van der Waals surface area contributed by atoms with E-state index in [1.54, 1.807) is 23.1 Å². The smallest absolute Gasteiger partial charge is 0.220 e. The van der Waals surface area contributed by atoms with Crippen LogP contribution < -0.4 is 10.1 Å². The minimum Gasteiger partial charge on any atom is -0.497 e. The fourth-order valence-corrected chi connectivity index (χ4v) is 4.72. The molecule has 2 aromatic heterocycles. The second kappa shape index (κ2) is 8.14. The van der Waals surface area contributed by atoms with Crippen LogP contribution in [0.3, 0.4) is 0 Å². The molecule has 0 fully saturated rings. The quantitative estimate of drug-likeness (QED) is 0.690. The fourth-order valence-electron chi connectivity index (χ4n) is 3.52. The highest BCUT2D eigenvalue weighted by Gasteiger charge is 2.26. The van der Waals surface area contributed by atoms with Crippen molar-refractivity contribution in [2.45, 2.75) is 38.1 Å². The number of methoxy groups -OCH3 is 1.